The zero-order valence-electron chi connectivity index (χ0n) is 15.9. The van der Waals surface area contributed by atoms with Gasteiger partial charge in [0.25, 0.3) is 0 Å². The summed E-state index contributed by atoms with van der Waals surface area (Å²) in [5.74, 6) is 6.80. The topological polar surface area (TPSA) is 66.6 Å². The minimum atomic E-state index is -0.786. The Hall–Kier alpha value is -2.32. The summed E-state index contributed by atoms with van der Waals surface area (Å²) in [6.45, 7) is 1.15. The molecule has 2 aromatic rings. The van der Waals surface area contributed by atoms with Gasteiger partial charge in [0.15, 0.2) is 0 Å². The van der Waals surface area contributed by atoms with Gasteiger partial charge in [-0.25, -0.2) is 0 Å². The van der Waals surface area contributed by atoms with E-state index in [1.165, 1.54) is 5.56 Å². The van der Waals surface area contributed by atoms with Crippen LogP contribution < -0.4 is 5.73 Å². The molecule has 0 bridgehead atoms. The molecule has 2 aromatic carbocycles. The number of hydrogen-bond acceptors (Lipinski definition) is 3. The van der Waals surface area contributed by atoms with Crippen molar-refractivity contribution in [2.75, 3.05) is 19.7 Å². The number of likely N-dealkylation sites (tertiary alicyclic amines) is 1. The molecule has 1 heterocycles. The average molecular weight is 399 g/mol. The Kier molecular flexibility index (Phi) is 8.53. The highest BCUT2D eigenvalue weighted by molar-refractivity contribution is 5.85. The van der Waals surface area contributed by atoms with Crippen molar-refractivity contribution >= 4 is 18.3 Å². The molecule has 0 spiro atoms. The maximum atomic E-state index is 12.0. The van der Waals surface area contributed by atoms with Gasteiger partial charge in [-0.2, -0.15) is 0 Å². The van der Waals surface area contributed by atoms with Crippen LogP contribution in [0.25, 0.3) is 0 Å². The molecule has 28 heavy (non-hydrogen) atoms. The number of hydrogen-bond donors (Lipinski definition) is 2. The van der Waals surface area contributed by atoms with Gasteiger partial charge < -0.3 is 15.7 Å². The van der Waals surface area contributed by atoms with E-state index >= 15 is 0 Å². The molecule has 5 heteroatoms. The highest BCUT2D eigenvalue weighted by Crippen LogP contribution is 2.22. The van der Waals surface area contributed by atoms with E-state index in [0.717, 1.165) is 43.5 Å². The largest absolute Gasteiger partial charge is 0.394 e. The Bertz CT molecular complexity index is 804. The number of piperidine rings is 1. The predicted octanol–water partition coefficient (Wildman–Crippen LogP) is 2.61. The molecular formula is C23H27ClN2O2. The molecule has 0 aromatic heterocycles. The fraction of sp³-hybridized carbons (Fsp3) is 0.348. The van der Waals surface area contributed by atoms with E-state index in [1.807, 2.05) is 30.3 Å². The maximum Gasteiger partial charge on any atom is 0.241 e. The number of aliphatic hydroxyl groups is 1. The molecule has 1 atom stereocenters. The number of amides is 1. The molecule has 4 nitrogen and oxygen atoms in total. The summed E-state index contributed by atoms with van der Waals surface area (Å²) in [7, 11) is 0. The fourth-order valence-electron chi connectivity index (χ4n) is 3.39. The average Bonchev–Trinajstić information content (AvgIpc) is 2.73. The number of aliphatic hydroxyl groups excluding tert-OH is 1. The van der Waals surface area contributed by atoms with Gasteiger partial charge in [-0.3, -0.25) is 4.79 Å². The highest BCUT2D eigenvalue weighted by Gasteiger charge is 2.25. The standard InChI is InChI=1S/C23H26N2O2.ClH/c24-22(17-26)23(27)25-14-12-21(13-15-25)16-20-10-8-19(9-11-20)7-6-18-4-2-1-3-5-18;/h1-5,8-11,21-22,26H,12-17,24H2;1H/t22-;/m1./s1. The van der Waals surface area contributed by atoms with E-state index in [0.29, 0.717) is 5.92 Å². The molecule has 0 radical (unpaired) electrons. The van der Waals surface area contributed by atoms with Crippen molar-refractivity contribution in [1.29, 1.82) is 0 Å². The molecule has 1 amide bonds. The summed E-state index contributed by atoms with van der Waals surface area (Å²) in [5.41, 5.74) is 8.96. The third-order valence-electron chi connectivity index (χ3n) is 5.04. The lowest BCUT2D eigenvalue weighted by molar-refractivity contribution is -0.134. The maximum absolute atomic E-state index is 12.0. The summed E-state index contributed by atoms with van der Waals surface area (Å²) in [4.78, 5) is 13.8. The van der Waals surface area contributed by atoms with Gasteiger partial charge in [0.1, 0.15) is 6.04 Å². The van der Waals surface area contributed by atoms with Crippen molar-refractivity contribution in [3.8, 4) is 11.8 Å². The molecule has 1 saturated heterocycles. The van der Waals surface area contributed by atoms with Gasteiger partial charge in [0, 0.05) is 24.2 Å². The van der Waals surface area contributed by atoms with Crippen LogP contribution in [0.4, 0.5) is 0 Å². The minimum absolute atomic E-state index is 0. The van der Waals surface area contributed by atoms with Gasteiger partial charge in [-0.15, -0.1) is 12.4 Å². The van der Waals surface area contributed by atoms with Crippen LogP contribution in [-0.2, 0) is 11.2 Å². The van der Waals surface area contributed by atoms with Crippen LogP contribution in [0.5, 0.6) is 0 Å². The van der Waals surface area contributed by atoms with Crippen LogP contribution in [-0.4, -0.2) is 41.7 Å². The number of benzene rings is 2. The second-order valence-corrected chi connectivity index (χ2v) is 7.07. The molecule has 0 unspecified atom stereocenters. The third-order valence-corrected chi connectivity index (χ3v) is 5.04. The lowest BCUT2D eigenvalue weighted by Crippen LogP contribution is -2.48. The molecule has 0 saturated carbocycles. The summed E-state index contributed by atoms with van der Waals surface area (Å²) < 4.78 is 0. The molecule has 1 fully saturated rings. The van der Waals surface area contributed by atoms with Gasteiger partial charge in [-0.05, 0) is 55.0 Å². The van der Waals surface area contributed by atoms with Gasteiger partial charge >= 0.3 is 0 Å². The summed E-state index contributed by atoms with van der Waals surface area (Å²) in [5, 5.41) is 9.03. The van der Waals surface area contributed by atoms with Crippen LogP contribution in [0.15, 0.2) is 54.6 Å². The van der Waals surface area contributed by atoms with Crippen molar-refractivity contribution in [2.45, 2.75) is 25.3 Å². The minimum Gasteiger partial charge on any atom is -0.394 e. The number of nitrogens with two attached hydrogens (primary N) is 1. The zero-order chi connectivity index (χ0) is 19.1. The smallest absolute Gasteiger partial charge is 0.241 e. The summed E-state index contributed by atoms with van der Waals surface area (Å²) >= 11 is 0. The monoisotopic (exact) mass is 398 g/mol. The summed E-state index contributed by atoms with van der Waals surface area (Å²) in [6.07, 6.45) is 2.96. The molecule has 148 valence electrons. The number of nitrogens with zero attached hydrogens (tertiary/aromatic N) is 1. The fourth-order valence-corrected chi connectivity index (χ4v) is 3.39. The highest BCUT2D eigenvalue weighted by atomic mass is 35.5. The molecule has 1 aliphatic heterocycles. The van der Waals surface area contributed by atoms with Gasteiger partial charge in [-0.1, -0.05) is 42.2 Å². The lowest BCUT2D eigenvalue weighted by atomic mass is 9.89. The first-order valence-electron chi connectivity index (χ1n) is 9.47. The van der Waals surface area contributed by atoms with Crippen molar-refractivity contribution in [3.63, 3.8) is 0 Å². The number of halogens is 1. The summed E-state index contributed by atoms with van der Waals surface area (Å²) in [6, 6.07) is 17.6. The number of carbonyl (C=O) groups excluding carboxylic acids is 1. The Morgan fingerprint density at radius 3 is 2.18 bits per heavy atom. The zero-order valence-corrected chi connectivity index (χ0v) is 16.7. The van der Waals surface area contributed by atoms with E-state index in [9.17, 15) is 4.79 Å². The molecule has 3 rings (SSSR count). The van der Waals surface area contributed by atoms with Crippen molar-refractivity contribution in [1.82, 2.24) is 4.90 Å². The number of rotatable bonds is 4. The third kappa shape index (κ3) is 6.10. The number of carbonyl (C=O) groups is 1. The van der Waals surface area contributed by atoms with Crippen molar-refractivity contribution < 1.29 is 9.90 Å². The lowest BCUT2D eigenvalue weighted by Gasteiger charge is -2.33. The Balaban J connectivity index is 0.00000280. The van der Waals surface area contributed by atoms with Crippen LogP contribution in [0, 0.1) is 17.8 Å². The quantitative estimate of drug-likeness (QED) is 0.778. The van der Waals surface area contributed by atoms with E-state index < -0.39 is 6.04 Å². The van der Waals surface area contributed by atoms with E-state index in [-0.39, 0.29) is 24.9 Å². The molecule has 1 aliphatic rings. The first-order chi connectivity index (χ1) is 13.2. The molecule has 3 N–H and O–H groups in total. The van der Waals surface area contributed by atoms with E-state index in [4.69, 9.17) is 10.8 Å². The van der Waals surface area contributed by atoms with Crippen LogP contribution in [0.3, 0.4) is 0 Å². The van der Waals surface area contributed by atoms with Gasteiger partial charge in [0.05, 0.1) is 6.61 Å². The molecule has 0 aliphatic carbocycles. The van der Waals surface area contributed by atoms with Crippen molar-refractivity contribution in [2.24, 2.45) is 11.7 Å². The van der Waals surface area contributed by atoms with Crippen LogP contribution >= 0.6 is 12.4 Å². The second kappa shape index (κ2) is 10.9. The second-order valence-electron chi connectivity index (χ2n) is 7.07. The first-order valence-corrected chi connectivity index (χ1v) is 9.47. The van der Waals surface area contributed by atoms with Gasteiger partial charge in [0.2, 0.25) is 5.91 Å². The Morgan fingerprint density at radius 1 is 1.04 bits per heavy atom. The van der Waals surface area contributed by atoms with Crippen LogP contribution in [0.1, 0.15) is 29.5 Å². The van der Waals surface area contributed by atoms with E-state index in [1.54, 1.807) is 4.90 Å². The van der Waals surface area contributed by atoms with E-state index in [2.05, 4.69) is 36.1 Å². The Labute approximate surface area is 173 Å². The van der Waals surface area contributed by atoms with Crippen molar-refractivity contribution in [3.05, 3.63) is 71.3 Å². The normalized spacial score (nSPS) is 15.1. The first kappa shape index (κ1) is 22.0. The Morgan fingerprint density at radius 2 is 1.61 bits per heavy atom. The molecular weight excluding hydrogens is 372 g/mol. The SMILES string of the molecule is Cl.N[C@H](CO)C(=O)N1CCC(Cc2ccc(C#Cc3ccccc3)cc2)CC1. The van der Waals surface area contributed by atoms with Crippen LogP contribution in [0.2, 0.25) is 0 Å². The predicted molar refractivity (Wildman–Crippen MR) is 114 cm³/mol.